The molecule has 2 aromatic carbocycles. The Morgan fingerprint density at radius 2 is 1.86 bits per heavy atom. The van der Waals surface area contributed by atoms with Gasteiger partial charge in [-0.05, 0) is 35.9 Å². The van der Waals surface area contributed by atoms with Crippen molar-refractivity contribution in [2.24, 2.45) is 0 Å². The summed E-state index contributed by atoms with van der Waals surface area (Å²) < 4.78 is 13.4. The van der Waals surface area contributed by atoms with Crippen LogP contribution in [0.4, 0.5) is 15.2 Å². The molecule has 0 saturated heterocycles. The third-order valence-electron chi connectivity index (χ3n) is 3.37. The first-order valence-electron chi connectivity index (χ1n) is 8.04. The Morgan fingerprint density at radius 1 is 1.07 bits per heavy atom. The third kappa shape index (κ3) is 6.29. The SMILES string of the molecule is O=C(CSc1nnc(NC(=O)Cc2ccc(F)cc2)s1)Nc1cccc(Cl)c1. The highest BCUT2D eigenvalue weighted by Crippen LogP contribution is 2.26. The quantitative estimate of drug-likeness (QED) is 0.427. The van der Waals surface area contributed by atoms with E-state index < -0.39 is 0 Å². The predicted molar refractivity (Wildman–Crippen MR) is 109 cm³/mol. The van der Waals surface area contributed by atoms with Crippen LogP contribution in [0.2, 0.25) is 5.02 Å². The van der Waals surface area contributed by atoms with Crippen molar-refractivity contribution in [2.75, 3.05) is 16.4 Å². The average molecular weight is 437 g/mol. The van der Waals surface area contributed by atoms with E-state index in [9.17, 15) is 14.0 Å². The van der Waals surface area contributed by atoms with Crippen LogP contribution in [0.15, 0.2) is 52.9 Å². The standard InChI is InChI=1S/C18H14ClFN4O2S2/c19-12-2-1-3-14(9-12)21-16(26)10-27-18-24-23-17(28-18)22-15(25)8-11-4-6-13(20)7-5-11/h1-7,9H,8,10H2,(H,21,26)(H,22,23,25). The van der Waals surface area contributed by atoms with Gasteiger partial charge < -0.3 is 10.6 Å². The van der Waals surface area contributed by atoms with Crippen LogP contribution in [0.5, 0.6) is 0 Å². The minimum absolute atomic E-state index is 0.102. The number of amides is 2. The molecule has 3 rings (SSSR count). The number of carbonyl (C=O) groups excluding carboxylic acids is 2. The fraction of sp³-hybridized carbons (Fsp3) is 0.111. The number of rotatable bonds is 7. The maximum Gasteiger partial charge on any atom is 0.234 e. The zero-order valence-electron chi connectivity index (χ0n) is 14.3. The Bertz CT molecular complexity index is 982. The molecule has 28 heavy (non-hydrogen) atoms. The van der Waals surface area contributed by atoms with Crippen LogP contribution in [0.3, 0.4) is 0 Å². The number of aromatic nitrogens is 2. The van der Waals surface area contributed by atoms with Gasteiger partial charge in [0.05, 0.1) is 12.2 Å². The van der Waals surface area contributed by atoms with Crippen molar-refractivity contribution in [1.29, 1.82) is 0 Å². The monoisotopic (exact) mass is 436 g/mol. The number of thioether (sulfide) groups is 1. The molecule has 0 atom stereocenters. The number of nitrogens with one attached hydrogen (secondary N) is 2. The highest BCUT2D eigenvalue weighted by Gasteiger charge is 2.11. The second-order valence-corrected chi connectivity index (χ2v) is 8.21. The first kappa shape index (κ1) is 20.2. The number of nitrogens with zero attached hydrogens (tertiary/aromatic N) is 2. The summed E-state index contributed by atoms with van der Waals surface area (Å²) >= 11 is 8.26. The molecule has 0 bridgehead atoms. The van der Waals surface area contributed by atoms with Crippen molar-refractivity contribution in [3.63, 3.8) is 0 Å². The molecule has 144 valence electrons. The second-order valence-electron chi connectivity index (χ2n) is 5.57. The van der Waals surface area contributed by atoms with Crippen LogP contribution in [0, 0.1) is 5.82 Å². The molecule has 0 radical (unpaired) electrons. The van der Waals surface area contributed by atoms with Crippen LogP contribution in [0.25, 0.3) is 0 Å². The third-order valence-corrected chi connectivity index (χ3v) is 5.57. The normalized spacial score (nSPS) is 10.5. The zero-order valence-corrected chi connectivity index (χ0v) is 16.7. The van der Waals surface area contributed by atoms with Crippen LogP contribution < -0.4 is 10.6 Å². The van der Waals surface area contributed by atoms with Crippen LogP contribution >= 0.6 is 34.7 Å². The Labute approximate surface area is 173 Å². The Kier molecular flexibility index (Phi) is 6.96. The lowest BCUT2D eigenvalue weighted by Gasteiger charge is -2.04. The molecule has 3 aromatic rings. The first-order valence-corrected chi connectivity index (χ1v) is 10.2. The molecule has 0 spiro atoms. The predicted octanol–water partition coefficient (Wildman–Crippen LogP) is 4.24. The van der Waals surface area contributed by atoms with Gasteiger partial charge in [-0.15, -0.1) is 10.2 Å². The molecule has 0 unspecified atom stereocenters. The van der Waals surface area contributed by atoms with Gasteiger partial charge in [-0.2, -0.15) is 0 Å². The maximum atomic E-state index is 12.9. The summed E-state index contributed by atoms with van der Waals surface area (Å²) in [6.07, 6.45) is 0.102. The van der Waals surface area contributed by atoms with E-state index in [0.717, 1.165) is 0 Å². The number of hydrogen-bond donors (Lipinski definition) is 2. The minimum Gasteiger partial charge on any atom is -0.325 e. The van der Waals surface area contributed by atoms with Crippen LogP contribution in [-0.2, 0) is 16.0 Å². The van der Waals surface area contributed by atoms with Gasteiger partial charge in [0.2, 0.25) is 16.9 Å². The largest absolute Gasteiger partial charge is 0.325 e. The van der Waals surface area contributed by atoms with Crippen molar-refractivity contribution in [1.82, 2.24) is 10.2 Å². The van der Waals surface area contributed by atoms with E-state index in [0.29, 0.717) is 25.7 Å². The van der Waals surface area contributed by atoms with E-state index in [1.54, 1.807) is 36.4 Å². The second kappa shape index (κ2) is 9.63. The van der Waals surface area contributed by atoms with Gasteiger partial charge in [0.25, 0.3) is 0 Å². The summed E-state index contributed by atoms with van der Waals surface area (Å²) in [4.78, 5) is 24.0. The number of benzene rings is 2. The first-order chi connectivity index (χ1) is 13.5. The lowest BCUT2D eigenvalue weighted by molar-refractivity contribution is -0.115. The average Bonchev–Trinajstić information content (AvgIpc) is 3.09. The zero-order chi connectivity index (χ0) is 19.9. The molecular formula is C18H14ClFN4O2S2. The Morgan fingerprint density at radius 3 is 2.61 bits per heavy atom. The van der Waals surface area contributed by atoms with E-state index in [4.69, 9.17) is 11.6 Å². The van der Waals surface area contributed by atoms with Gasteiger partial charge in [-0.3, -0.25) is 9.59 Å². The lowest BCUT2D eigenvalue weighted by Crippen LogP contribution is -2.14. The Hall–Kier alpha value is -2.49. The molecule has 1 aromatic heterocycles. The van der Waals surface area contributed by atoms with Crippen molar-refractivity contribution in [3.05, 3.63) is 64.9 Å². The molecule has 10 heteroatoms. The highest BCUT2D eigenvalue weighted by atomic mass is 35.5. The van der Waals surface area contributed by atoms with E-state index in [1.807, 2.05) is 0 Å². The summed E-state index contributed by atoms with van der Waals surface area (Å²) in [6.45, 7) is 0. The number of hydrogen-bond acceptors (Lipinski definition) is 6. The Balaban J connectivity index is 1.46. The van der Waals surface area contributed by atoms with Crippen molar-refractivity contribution in [2.45, 2.75) is 10.8 Å². The van der Waals surface area contributed by atoms with Crippen molar-refractivity contribution >= 4 is 57.3 Å². The molecular weight excluding hydrogens is 423 g/mol. The summed E-state index contributed by atoms with van der Waals surface area (Å²) in [7, 11) is 0. The maximum absolute atomic E-state index is 12.9. The summed E-state index contributed by atoms with van der Waals surface area (Å²) in [6, 6.07) is 12.6. The van der Waals surface area contributed by atoms with Crippen molar-refractivity contribution in [3.8, 4) is 0 Å². The summed E-state index contributed by atoms with van der Waals surface area (Å²) in [5.74, 6) is -0.693. The van der Waals surface area contributed by atoms with E-state index in [2.05, 4.69) is 20.8 Å². The smallest absolute Gasteiger partial charge is 0.234 e. The van der Waals surface area contributed by atoms with Crippen LogP contribution in [0.1, 0.15) is 5.56 Å². The molecule has 6 nitrogen and oxygen atoms in total. The van der Waals surface area contributed by atoms with Gasteiger partial charge in [-0.1, -0.05) is 52.9 Å². The van der Waals surface area contributed by atoms with Gasteiger partial charge >= 0.3 is 0 Å². The lowest BCUT2D eigenvalue weighted by atomic mass is 10.1. The van der Waals surface area contributed by atoms with Gasteiger partial charge in [0.1, 0.15) is 5.82 Å². The summed E-state index contributed by atoms with van der Waals surface area (Å²) in [5, 5.41) is 14.1. The number of halogens is 2. The molecule has 0 aliphatic rings. The highest BCUT2D eigenvalue weighted by molar-refractivity contribution is 8.01. The molecule has 0 fully saturated rings. The van der Waals surface area contributed by atoms with Crippen LogP contribution in [-0.4, -0.2) is 27.8 Å². The molecule has 2 N–H and O–H groups in total. The number of anilines is 2. The molecule has 1 heterocycles. The molecule has 0 aliphatic carbocycles. The summed E-state index contributed by atoms with van der Waals surface area (Å²) in [5.41, 5.74) is 1.31. The molecule has 0 saturated carbocycles. The topological polar surface area (TPSA) is 84.0 Å². The van der Waals surface area contributed by atoms with E-state index in [1.165, 1.54) is 35.2 Å². The number of carbonyl (C=O) groups is 2. The van der Waals surface area contributed by atoms with E-state index in [-0.39, 0.29) is 29.8 Å². The fourth-order valence-electron chi connectivity index (χ4n) is 2.16. The van der Waals surface area contributed by atoms with Crippen molar-refractivity contribution < 1.29 is 14.0 Å². The fourth-order valence-corrected chi connectivity index (χ4v) is 3.92. The van der Waals surface area contributed by atoms with E-state index >= 15 is 0 Å². The molecule has 0 aliphatic heterocycles. The van der Waals surface area contributed by atoms with Gasteiger partial charge in [-0.25, -0.2) is 4.39 Å². The van der Waals surface area contributed by atoms with Gasteiger partial charge in [0, 0.05) is 10.7 Å². The molecule has 2 amide bonds. The minimum atomic E-state index is -0.352. The van der Waals surface area contributed by atoms with Gasteiger partial charge in [0.15, 0.2) is 4.34 Å².